The first-order valence-electron chi connectivity index (χ1n) is 14.9. The molecule has 12 nitrogen and oxygen atoms in total. The summed E-state index contributed by atoms with van der Waals surface area (Å²) < 4.78 is 5.86. The Morgan fingerprint density at radius 2 is 1.62 bits per heavy atom. The van der Waals surface area contributed by atoms with E-state index in [2.05, 4.69) is 31.6 Å². The molecular weight excluding hydrogens is 576 g/mol. The summed E-state index contributed by atoms with van der Waals surface area (Å²) in [6.07, 6.45) is 4.08. The Bertz CT molecular complexity index is 1470. The van der Waals surface area contributed by atoms with Crippen LogP contribution in [0.25, 0.3) is 0 Å². The summed E-state index contributed by atoms with van der Waals surface area (Å²) in [6.45, 7) is 2.21. The van der Waals surface area contributed by atoms with Gasteiger partial charge in [0.25, 0.3) is 5.91 Å². The molecule has 45 heavy (non-hydrogen) atoms. The van der Waals surface area contributed by atoms with Gasteiger partial charge in [-0.25, -0.2) is 0 Å². The molecule has 0 saturated heterocycles. The zero-order chi connectivity index (χ0) is 32.0. The molecule has 0 unspecified atom stereocenters. The van der Waals surface area contributed by atoms with Gasteiger partial charge in [0.15, 0.2) is 0 Å². The summed E-state index contributed by atoms with van der Waals surface area (Å²) in [5, 5.41) is 13.6. The van der Waals surface area contributed by atoms with Crippen molar-refractivity contribution in [2.75, 3.05) is 19.7 Å². The Kier molecular flexibility index (Phi) is 12.0. The van der Waals surface area contributed by atoms with E-state index < -0.39 is 48.2 Å². The largest absolute Gasteiger partial charge is 0.493 e. The Morgan fingerprint density at radius 3 is 2.40 bits per heavy atom. The number of rotatable bonds is 6. The van der Waals surface area contributed by atoms with E-state index in [-0.39, 0.29) is 37.6 Å². The molecule has 1 aliphatic heterocycles. The number of nitrogens with one attached hydrogen (secondary N) is 5. The Balaban J connectivity index is 1.52. The molecule has 5 amide bonds. The smallest absolute Gasteiger partial charge is 0.255 e. The maximum atomic E-state index is 13.3. The number of pyridine rings is 1. The summed E-state index contributed by atoms with van der Waals surface area (Å²) in [7, 11) is 0. The van der Waals surface area contributed by atoms with Crippen LogP contribution in [0.4, 0.5) is 0 Å². The number of hydrogen-bond donors (Lipinski definition) is 5. The van der Waals surface area contributed by atoms with E-state index in [0.29, 0.717) is 18.6 Å². The fourth-order valence-electron chi connectivity index (χ4n) is 4.72. The third-order valence-corrected chi connectivity index (χ3v) is 7.17. The van der Waals surface area contributed by atoms with Gasteiger partial charge in [0.2, 0.25) is 23.6 Å². The van der Waals surface area contributed by atoms with Crippen molar-refractivity contribution in [3.05, 3.63) is 95.8 Å². The van der Waals surface area contributed by atoms with Crippen molar-refractivity contribution < 1.29 is 28.7 Å². The molecule has 0 saturated carbocycles. The van der Waals surface area contributed by atoms with Crippen LogP contribution < -0.4 is 31.3 Å². The maximum Gasteiger partial charge on any atom is 0.255 e. The van der Waals surface area contributed by atoms with Crippen LogP contribution in [0, 0.1) is 0 Å². The summed E-state index contributed by atoms with van der Waals surface area (Å²) in [5.41, 5.74) is 2.00. The van der Waals surface area contributed by atoms with Crippen molar-refractivity contribution in [3.63, 3.8) is 0 Å². The number of aromatic nitrogens is 1. The van der Waals surface area contributed by atoms with Crippen molar-refractivity contribution >= 4 is 29.5 Å². The third-order valence-electron chi connectivity index (χ3n) is 7.17. The number of fused-ring (bicyclic) bond motifs is 1. The van der Waals surface area contributed by atoms with Crippen molar-refractivity contribution in [1.29, 1.82) is 0 Å². The summed E-state index contributed by atoms with van der Waals surface area (Å²) in [4.78, 5) is 69.9. The summed E-state index contributed by atoms with van der Waals surface area (Å²) >= 11 is 0. The molecule has 1 aliphatic rings. The highest BCUT2D eigenvalue weighted by molar-refractivity contribution is 6.01. The highest BCUT2D eigenvalue weighted by atomic mass is 16.5. The average molecular weight is 615 g/mol. The van der Waals surface area contributed by atoms with Gasteiger partial charge in [-0.3, -0.25) is 29.0 Å². The van der Waals surface area contributed by atoms with Crippen LogP contribution in [0.3, 0.4) is 0 Å². The number of ether oxygens (including phenoxy) is 1. The van der Waals surface area contributed by atoms with Crippen molar-refractivity contribution in [1.82, 2.24) is 31.6 Å². The van der Waals surface area contributed by atoms with Crippen LogP contribution in [0.5, 0.6) is 5.75 Å². The molecular formula is C33H38N6O6. The molecule has 12 heteroatoms. The predicted octanol–water partition coefficient (Wildman–Crippen LogP) is 1.06. The lowest BCUT2D eigenvalue weighted by Gasteiger charge is -2.23. The van der Waals surface area contributed by atoms with E-state index in [9.17, 15) is 24.0 Å². The molecule has 2 aromatic carbocycles. The molecule has 2 heterocycles. The Hall–Kier alpha value is -5.26. The predicted molar refractivity (Wildman–Crippen MR) is 166 cm³/mol. The monoisotopic (exact) mass is 614 g/mol. The average Bonchev–Trinajstić information content (AvgIpc) is 3.04. The third kappa shape index (κ3) is 10.2. The molecule has 0 bridgehead atoms. The highest BCUT2D eigenvalue weighted by Gasteiger charge is 2.29. The number of amides is 5. The lowest BCUT2D eigenvalue weighted by Crippen LogP contribution is -2.55. The van der Waals surface area contributed by atoms with Crippen molar-refractivity contribution in [2.45, 2.75) is 50.7 Å². The van der Waals surface area contributed by atoms with E-state index in [1.807, 2.05) is 42.5 Å². The molecule has 0 aliphatic carbocycles. The van der Waals surface area contributed by atoms with Crippen LogP contribution in [-0.2, 0) is 32.0 Å². The second kappa shape index (κ2) is 16.6. The van der Waals surface area contributed by atoms with E-state index in [1.165, 1.54) is 6.92 Å². The van der Waals surface area contributed by atoms with Gasteiger partial charge in [-0.15, -0.1) is 0 Å². The van der Waals surface area contributed by atoms with Gasteiger partial charge in [0.05, 0.1) is 18.6 Å². The first kappa shape index (κ1) is 32.6. The van der Waals surface area contributed by atoms with Crippen LogP contribution >= 0.6 is 0 Å². The molecule has 0 spiro atoms. The van der Waals surface area contributed by atoms with E-state index in [1.54, 1.807) is 36.7 Å². The van der Waals surface area contributed by atoms with Crippen LogP contribution in [0.2, 0.25) is 0 Å². The fraction of sp³-hybridized carbons (Fsp3) is 0.333. The van der Waals surface area contributed by atoms with Crippen LogP contribution in [0.15, 0.2) is 79.1 Å². The van der Waals surface area contributed by atoms with E-state index in [0.717, 1.165) is 11.1 Å². The standard InChI is InChI=1S/C33H38N6O6/c1-22-30(41)38-26(20-24-8-3-2-4-9-24)32(43)35-15-7-19-45-28-11-6-5-10-25(28)31(42)39-27(21-29(40)37-22)33(44)36-18-14-23-12-16-34-17-13-23/h2-6,8-13,16-17,22,26-27H,7,14-15,18-21H2,1H3,(H,35,43)(H,36,44)(H,37,40)(H,38,41)(H,39,42)/t22-,26-,27-/m0/s1. The van der Waals surface area contributed by atoms with Crippen molar-refractivity contribution in [3.8, 4) is 5.75 Å². The summed E-state index contributed by atoms with van der Waals surface area (Å²) in [6, 6.07) is 16.3. The van der Waals surface area contributed by atoms with Crippen molar-refractivity contribution in [2.24, 2.45) is 0 Å². The second-order valence-corrected chi connectivity index (χ2v) is 10.7. The minimum absolute atomic E-state index is 0.188. The molecule has 5 N–H and O–H groups in total. The lowest BCUT2D eigenvalue weighted by molar-refractivity contribution is -0.132. The van der Waals surface area contributed by atoms with Crippen LogP contribution in [0.1, 0.15) is 41.3 Å². The number of benzene rings is 2. The number of para-hydroxylation sites is 1. The first-order valence-corrected chi connectivity index (χ1v) is 14.9. The second-order valence-electron chi connectivity index (χ2n) is 10.7. The van der Waals surface area contributed by atoms with Gasteiger partial charge in [0.1, 0.15) is 23.9 Å². The van der Waals surface area contributed by atoms with Gasteiger partial charge in [0, 0.05) is 31.9 Å². The molecule has 0 fully saturated rings. The lowest BCUT2D eigenvalue weighted by atomic mass is 10.0. The first-order chi connectivity index (χ1) is 21.8. The number of hydrogen-bond acceptors (Lipinski definition) is 7. The molecule has 4 rings (SSSR count). The molecule has 3 aromatic rings. The number of nitrogens with zero attached hydrogens (tertiary/aromatic N) is 1. The zero-order valence-electron chi connectivity index (χ0n) is 25.1. The fourth-order valence-corrected chi connectivity index (χ4v) is 4.72. The van der Waals surface area contributed by atoms with Gasteiger partial charge in [-0.05, 0) is 55.2 Å². The van der Waals surface area contributed by atoms with Gasteiger partial charge >= 0.3 is 0 Å². The normalized spacial score (nSPS) is 20.1. The Labute approximate surface area is 261 Å². The summed E-state index contributed by atoms with van der Waals surface area (Å²) in [5.74, 6) is -2.45. The zero-order valence-corrected chi connectivity index (χ0v) is 25.1. The SMILES string of the molecule is C[C@@H]1NC(=O)C[C@@H](C(=O)NCCc2ccncc2)NC(=O)c2ccccc2OCCCNC(=O)[C@H](Cc2ccccc2)NC1=O. The minimum Gasteiger partial charge on any atom is -0.493 e. The molecule has 3 atom stereocenters. The molecule has 1 aromatic heterocycles. The Morgan fingerprint density at radius 1 is 0.889 bits per heavy atom. The van der Waals surface area contributed by atoms with Crippen LogP contribution in [-0.4, -0.2) is 72.3 Å². The van der Waals surface area contributed by atoms with Gasteiger partial charge in [-0.2, -0.15) is 0 Å². The van der Waals surface area contributed by atoms with Gasteiger partial charge < -0.3 is 31.3 Å². The molecule has 0 radical (unpaired) electrons. The maximum absolute atomic E-state index is 13.3. The quantitative estimate of drug-likeness (QED) is 0.277. The van der Waals surface area contributed by atoms with E-state index >= 15 is 0 Å². The molecule has 236 valence electrons. The van der Waals surface area contributed by atoms with Gasteiger partial charge in [-0.1, -0.05) is 42.5 Å². The minimum atomic E-state index is -1.24. The topological polar surface area (TPSA) is 168 Å². The van der Waals surface area contributed by atoms with E-state index in [4.69, 9.17) is 4.74 Å². The highest BCUT2D eigenvalue weighted by Crippen LogP contribution is 2.18. The number of carbonyl (C=O) groups is 5. The number of carbonyl (C=O) groups excluding carboxylic acids is 5.